The number of ether oxygens (including phenoxy) is 1. The summed E-state index contributed by atoms with van der Waals surface area (Å²) in [5.41, 5.74) is 1.51. The summed E-state index contributed by atoms with van der Waals surface area (Å²) in [6.45, 7) is 5.32. The van der Waals surface area contributed by atoms with Crippen molar-refractivity contribution in [2.75, 3.05) is 46.4 Å². The van der Waals surface area contributed by atoms with E-state index in [4.69, 9.17) is 4.74 Å². The van der Waals surface area contributed by atoms with Crippen molar-refractivity contribution in [3.05, 3.63) is 75.8 Å². The quantitative estimate of drug-likeness (QED) is 0.321. The smallest absolute Gasteiger partial charge is 0.269 e. The zero-order valence-corrected chi connectivity index (χ0v) is 18.1. The molecule has 2 aromatic rings. The van der Waals surface area contributed by atoms with Crippen LogP contribution < -0.4 is 17.0 Å². The average Bonchev–Trinajstić information content (AvgIpc) is 2.72. The monoisotopic (exact) mass is 463 g/mol. The number of halogens is 1. The fourth-order valence-corrected chi connectivity index (χ4v) is 3.33. The number of hydrogen-bond donors (Lipinski definition) is 0. The van der Waals surface area contributed by atoms with Crippen molar-refractivity contribution in [2.45, 2.75) is 6.54 Å². The second kappa shape index (κ2) is 10.5. The molecule has 1 saturated heterocycles. The van der Waals surface area contributed by atoms with E-state index in [1.165, 1.54) is 24.3 Å². The molecule has 1 fully saturated rings. The fraction of sp³-hybridized carbons (Fsp3) is 0.381. The average molecular weight is 464 g/mol. The maximum atomic E-state index is 13.1. The number of nitro benzene ring substituents is 1. The lowest BCUT2D eigenvalue weighted by molar-refractivity contribution is -0.916. The summed E-state index contributed by atoms with van der Waals surface area (Å²) in [6, 6.07) is 15.7. The molecule has 0 atom stereocenters. The Balaban J connectivity index is 0.00000300. The molecule has 0 saturated carbocycles. The lowest BCUT2D eigenvalue weighted by atomic mass is 10.1. The van der Waals surface area contributed by atoms with Crippen LogP contribution in [0.15, 0.2) is 54.6 Å². The highest BCUT2D eigenvalue weighted by Crippen LogP contribution is 2.16. The fourth-order valence-electron chi connectivity index (χ4n) is 3.33. The van der Waals surface area contributed by atoms with Gasteiger partial charge in [0.05, 0.1) is 38.3 Å². The minimum absolute atomic E-state index is 0. The Kier molecular flexibility index (Phi) is 8.31. The van der Waals surface area contributed by atoms with E-state index in [-0.39, 0.29) is 28.6 Å². The number of quaternary nitrogens is 1. The van der Waals surface area contributed by atoms with Crippen molar-refractivity contribution < 1.29 is 35.9 Å². The first-order chi connectivity index (χ1) is 13.5. The van der Waals surface area contributed by atoms with Crippen LogP contribution in [0.25, 0.3) is 0 Å². The third-order valence-electron chi connectivity index (χ3n) is 5.29. The van der Waals surface area contributed by atoms with Crippen molar-refractivity contribution in [1.82, 2.24) is 4.90 Å². The molecule has 1 amide bonds. The maximum Gasteiger partial charge on any atom is 0.269 e. The molecule has 0 aliphatic carbocycles. The van der Waals surface area contributed by atoms with E-state index in [1.807, 2.05) is 35.2 Å². The summed E-state index contributed by atoms with van der Waals surface area (Å²) in [5.74, 6) is -0.112. The van der Waals surface area contributed by atoms with E-state index in [9.17, 15) is 14.9 Å². The first-order valence-electron chi connectivity index (χ1n) is 9.46. The maximum absolute atomic E-state index is 13.1. The Bertz CT molecular complexity index is 808. The largest absolute Gasteiger partial charge is 1.00 e. The number of carbonyl (C=O) groups excluding carboxylic acids is 1. The predicted octanol–water partition coefficient (Wildman–Crippen LogP) is -0.282. The summed E-state index contributed by atoms with van der Waals surface area (Å²) >= 11 is 0. The van der Waals surface area contributed by atoms with Gasteiger partial charge in [0, 0.05) is 24.2 Å². The second-order valence-corrected chi connectivity index (χ2v) is 7.42. The Morgan fingerprint density at radius 2 is 1.72 bits per heavy atom. The molecule has 0 radical (unpaired) electrons. The summed E-state index contributed by atoms with van der Waals surface area (Å²) in [7, 11) is 2.19. The van der Waals surface area contributed by atoms with Crippen molar-refractivity contribution in [2.24, 2.45) is 0 Å². The molecule has 1 aliphatic heterocycles. The van der Waals surface area contributed by atoms with Crippen LogP contribution in [0.4, 0.5) is 5.69 Å². The highest BCUT2D eigenvalue weighted by molar-refractivity contribution is 5.94. The first-order valence-corrected chi connectivity index (χ1v) is 9.46. The molecule has 2 aromatic carbocycles. The molecule has 8 heteroatoms. The number of likely N-dealkylation sites (N-methyl/N-ethyl adjacent to an activating group) is 1. The van der Waals surface area contributed by atoms with Crippen LogP contribution in [0, 0.1) is 10.1 Å². The van der Waals surface area contributed by atoms with Crippen LogP contribution in [0.1, 0.15) is 15.9 Å². The van der Waals surface area contributed by atoms with Crippen molar-refractivity contribution in [3.63, 3.8) is 0 Å². The third-order valence-corrected chi connectivity index (χ3v) is 5.29. The number of benzene rings is 2. The van der Waals surface area contributed by atoms with Crippen LogP contribution in [0.3, 0.4) is 0 Å². The van der Waals surface area contributed by atoms with E-state index < -0.39 is 4.92 Å². The molecule has 0 bridgehead atoms. The number of morpholine rings is 1. The van der Waals surface area contributed by atoms with Gasteiger partial charge in [0.1, 0.15) is 13.1 Å². The van der Waals surface area contributed by atoms with Crippen LogP contribution in [0.2, 0.25) is 0 Å². The molecule has 29 heavy (non-hydrogen) atoms. The summed E-state index contributed by atoms with van der Waals surface area (Å²) in [6.07, 6.45) is 0. The Labute approximate surface area is 181 Å². The molecular formula is C21H26BrN3O4. The van der Waals surface area contributed by atoms with Crippen LogP contribution in [-0.2, 0) is 11.3 Å². The number of non-ortho nitro benzene ring substituents is 1. The van der Waals surface area contributed by atoms with Crippen molar-refractivity contribution in [3.8, 4) is 0 Å². The van der Waals surface area contributed by atoms with Gasteiger partial charge in [0.15, 0.2) is 0 Å². The molecule has 1 aliphatic rings. The number of nitro groups is 1. The third kappa shape index (κ3) is 6.35. The van der Waals surface area contributed by atoms with Crippen molar-refractivity contribution in [1.29, 1.82) is 0 Å². The number of carbonyl (C=O) groups is 1. The standard InChI is InChI=1S/C21H26N3O4.BrH/c1-24(13-15-28-16-14-24)12-11-22(17-18-5-3-2-4-6-18)21(25)19-7-9-20(10-8-19)23(26)27;/h2-10H,11-17H2,1H3;1H/q+1;/p-1. The molecule has 1 heterocycles. The summed E-state index contributed by atoms with van der Waals surface area (Å²) in [5, 5.41) is 10.9. The topological polar surface area (TPSA) is 72.7 Å². The van der Waals surface area contributed by atoms with Gasteiger partial charge in [-0.25, -0.2) is 0 Å². The number of rotatable bonds is 7. The van der Waals surface area contributed by atoms with Gasteiger partial charge in [-0.15, -0.1) is 0 Å². The molecule has 0 spiro atoms. The van der Waals surface area contributed by atoms with E-state index in [0.717, 1.165) is 42.9 Å². The molecule has 0 unspecified atom stereocenters. The lowest BCUT2D eigenvalue weighted by Gasteiger charge is -2.39. The highest BCUT2D eigenvalue weighted by atomic mass is 79.9. The van der Waals surface area contributed by atoms with Gasteiger partial charge in [-0.05, 0) is 17.7 Å². The van der Waals surface area contributed by atoms with Gasteiger partial charge in [-0.1, -0.05) is 30.3 Å². The number of hydrogen-bond acceptors (Lipinski definition) is 4. The van der Waals surface area contributed by atoms with E-state index in [1.54, 1.807) is 0 Å². The Hall–Kier alpha value is -2.29. The van der Waals surface area contributed by atoms with Gasteiger partial charge in [0.25, 0.3) is 11.6 Å². The van der Waals surface area contributed by atoms with Gasteiger partial charge in [0.2, 0.25) is 0 Å². The second-order valence-electron chi connectivity index (χ2n) is 7.42. The van der Waals surface area contributed by atoms with E-state index >= 15 is 0 Å². The molecule has 7 nitrogen and oxygen atoms in total. The zero-order chi connectivity index (χ0) is 20.0. The zero-order valence-electron chi connectivity index (χ0n) is 16.5. The Morgan fingerprint density at radius 1 is 1.10 bits per heavy atom. The molecule has 0 aromatic heterocycles. The van der Waals surface area contributed by atoms with Crippen LogP contribution >= 0.6 is 0 Å². The highest BCUT2D eigenvalue weighted by Gasteiger charge is 2.27. The number of nitrogens with zero attached hydrogens (tertiary/aromatic N) is 3. The predicted molar refractivity (Wildman–Crippen MR) is 106 cm³/mol. The minimum Gasteiger partial charge on any atom is -1.00 e. The molecule has 3 rings (SSSR count). The SMILES string of the molecule is C[N+]1(CCN(Cc2ccccc2)C(=O)c2ccc([N+](=O)[O-])cc2)CCOCC1.[Br-]. The van der Waals surface area contributed by atoms with Crippen LogP contribution in [0.5, 0.6) is 0 Å². The Morgan fingerprint density at radius 3 is 2.31 bits per heavy atom. The number of amides is 1. The lowest BCUT2D eigenvalue weighted by Crippen LogP contribution is -3.00. The van der Waals surface area contributed by atoms with Gasteiger partial charge in [-0.2, -0.15) is 0 Å². The van der Waals surface area contributed by atoms with E-state index in [2.05, 4.69) is 7.05 Å². The van der Waals surface area contributed by atoms with Crippen LogP contribution in [-0.4, -0.2) is 66.7 Å². The van der Waals surface area contributed by atoms with E-state index in [0.29, 0.717) is 18.7 Å². The van der Waals surface area contributed by atoms with Gasteiger partial charge in [-0.3, -0.25) is 14.9 Å². The molecule has 0 N–H and O–H groups in total. The summed E-state index contributed by atoms with van der Waals surface area (Å²) in [4.78, 5) is 25.4. The molecular weight excluding hydrogens is 438 g/mol. The van der Waals surface area contributed by atoms with Gasteiger partial charge >= 0.3 is 0 Å². The summed E-state index contributed by atoms with van der Waals surface area (Å²) < 4.78 is 6.34. The van der Waals surface area contributed by atoms with Gasteiger partial charge < -0.3 is 31.1 Å². The molecule has 156 valence electrons. The first kappa shape index (κ1) is 23.0. The minimum atomic E-state index is -0.459. The normalized spacial score (nSPS) is 15.2. The van der Waals surface area contributed by atoms with Crippen molar-refractivity contribution >= 4 is 11.6 Å².